The Morgan fingerprint density at radius 1 is 1.11 bits per heavy atom. The van der Waals surface area contributed by atoms with Crippen molar-refractivity contribution in [2.45, 2.75) is 12.8 Å². The quantitative estimate of drug-likeness (QED) is 0.690. The minimum absolute atomic E-state index is 0.254. The molecule has 0 bridgehead atoms. The molecule has 1 aliphatic rings. The maximum absolute atomic E-state index is 12.6. The molecule has 1 saturated heterocycles. The van der Waals surface area contributed by atoms with E-state index in [0.717, 1.165) is 42.9 Å². The Morgan fingerprint density at radius 2 is 1.93 bits per heavy atom. The van der Waals surface area contributed by atoms with Gasteiger partial charge in [-0.05, 0) is 30.5 Å². The SMILES string of the molecule is Cn1cc(-c2ccc(N)c(NC(=O)c3cnc(N4CCCC4)cn3)c2)cn1. The highest BCUT2D eigenvalue weighted by Crippen LogP contribution is 2.27. The first-order valence-electron chi connectivity index (χ1n) is 8.87. The lowest BCUT2D eigenvalue weighted by atomic mass is 10.1. The lowest BCUT2D eigenvalue weighted by molar-refractivity contribution is 0.102. The van der Waals surface area contributed by atoms with Crippen molar-refractivity contribution in [3.8, 4) is 11.1 Å². The Hall–Kier alpha value is -3.42. The number of nitrogen functional groups attached to an aromatic ring is 1. The molecule has 138 valence electrons. The zero-order chi connectivity index (χ0) is 18.8. The van der Waals surface area contributed by atoms with Crippen molar-refractivity contribution < 1.29 is 4.79 Å². The summed E-state index contributed by atoms with van der Waals surface area (Å²) in [7, 11) is 1.86. The summed E-state index contributed by atoms with van der Waals surface area (Å²) in [4.78, 5) is 23.4. The van der Waals surface area contributed by atoms with Crippen molar-refractivity contribution in [1.82, 2.24) is 19.7 Å². The fraction of sp³-hybridized carbons (Fsp3) is 0.263. The molecule has 1 aliphatic heterocycles. The molecule has 0 aliphatic carbocycles. The van der Waals surface area contributed by atoms with E-state index in [1.54, 1.807) is 23.1 Å². The van der Waals surface area contributed by atoms with Crippen molar-refractivity contribution in [2.75, 3.05) is 29.0 Å². The number of nitrogens with two attached hydrogens (primary N) is 1. The van der Waals surface area contributed by atoms with Crippen LogP contribution in [-0.2, 0) is 7.05 Å². The number of carbonyl (C=O) groups is 1. The van der Waals surface area contributed by atoms with Crippen LogP contribution in [0, 0.1) is 0 Å². The van der Waals surface area contributed by atoms with Gasteiger partial charge in [0.1, 0.15) is 11.5 Å². The Kier molecular flexibility index (Phi) is 4.45. The highest BCUT2D eigenvalue weighted by Gasteiger charge is 2.16. The molecule has 4 rings (SSSR count). The van der Waals surface area contributed by atoms with Crippen LogP contribution >= 0.6 is 0 Å². The summed E-state index contributed by atoms with van der Waals surface area (Å²) in [6.07, 6.45) is 9.14. The molecule has 3 heterocycles. The molecule has 27 heavy (non-hydrogen) atoms. The van der Waals surface area contributed by atoms with E-state index in [9.17, 15) is 4.79 Å². The van der Waals surface area contributed by atoms with E-state index in [4.69, 9.17) is 5.73 Å². The minimum Gasteiger partial charge on any atom is -0.397 e. The van der Waals surface area contributed by atoms with Crippen LogP contribution in [0.3, 0.4) is 0 Å². The Balaban J connectivity index is 1.52. The fourth-order valence-electron chi connectivity index (χ4n) is 3.15. The molecule has 0 atom stereocenters. The lowest BCUT2D eigenvalue weighted by Crippen LogP contribution is -2.20. The topological polar surface area (TPSA) is 102 Å². The van der Waals surface area contributed by atoms with Gasteiger partial charge in [0.05, 0.1) is 30.0 Å². The summed E-state index contributed by atoms with van der Waals surface area (Å²) < 4.78 is 1.72. The third kappa shape index (κ3) is 3.59. The highest BCUT2D eigenvalue weighted by molar-refractivity contribution is 6.04. The molecule has 1 amide bonds. The van der Waals surface area contributed by atoms with Gasteiger partial charge in [-0.25, -0.2) is 9.97 Å². The smallest absolute Gasteiger partial charge is 0.275 e. The number of anilines is 3. The summed E-state index contributed by atoms with van der Waals surface area (Å²) in [6, 6.07) is 5.49. The summed E-state index contributed by atoms with van der Waals surface area (Å²) in [6.45, 7) is 1.97. The van der Waals surface area contributed by atoms with Crippen molar-refractivity contribution in [2.24, 2.45) is 7.05 Å². The summed E-state index contributed by atoms with van der Waals surface area (Å²) in [5.74, 6) is 0.465. The van der Waals surface area contributed by atoms with Gasteiger partial charge >= 0.3 is 0 Å². The molecule has 8 heteroatoms. The largest absolute Gasteiger partial charge is 0.397 e. The van der Waals surface area contributed by atoms with E-state index in [-0.39, 0.29) is 11.6 Å². The zero-order valence-corrected chi connectivity index (χ0v) is 15.1. The second-order valence-electron chi connectivity index (χ2n) is 6.61. The van der Waals surface area contributed by atoms with E-state index in [1.807, 2.05) is 25.4 Å². The molecular weight excluding hydrogens is 342 g/mol. The summed E-state index contributed by atoms with van der Waals surface area (Å²) in [5.41, 5.74) is 9.17. The van der Waals surface area contributed by atoms with E-state index >= 15 is 0 Å². The van der Waals surface area contributed by atoms with Gasteiger partial charge in [0.2, 0.25) is 0 Å². The first-order valence-corrected chi connectivity index (χ1v) is 8.87. The van der Waals surface area contributed by atoms with Crippen LogP contribution in [0.4, 0.5) is 17.2 Å². The normalized spacial score (nSPS) is 13.7. The second kappa shape index (κ2) is 7.06. The van der Waals surface area contributed by atoms with Gasteiger partial charge in [-0.2, -0.15) is 5.10 Å². The third-order valence-electron chi connectivity index (χ3n) is 4.64. The van der Waals surface area contributed by atoms with Gasteiger partial charge in [0, 0.05) is 31.9 Å². The van der Waals surface area contributed by atoms with Gasteiger partial charge in [0.15, 0.2) is 0 Å². The first kappa shape index (κ1) is 17.0. The number of benzene rings is 1. The average Bonchev–Trinajstić information content (AvgIpc) is 3.35. The molecule has 1 fully saturated rings. The number of amides is 1. The van der Waals surface area contributed by atoms with Crippen LogP contribution in [0.2, 0.25) is 0 Å². The third-order valence-corrected chi connectivity index (χ3v) is 4.64. The standard InChI is InChI=1S/C19H21N7O/c1-25-12-14(9-23-25)13-4-5-15(20)16(8-13)24-19(27)17-10-22-18(11-21-17)26-6-2-3-7-26/h4-5,8-12H,2-3,6-7,20H2,1H3,(H,24,27). The highest BCUT2D eigenvalue weighted by atomic mass is 16.1. The molecule has 0 unspecified atom stereocenters. The predicted octanol–water partition coefficient (Wildman–Crippen LogP) is 2.31. The number of nitrogens with zero attached hydrogens (tertiary/aromatic N) is 5. The maximum atomic E-state index is 12.6. The average molecular weight is 363 g/mol. The van der Waals surface area contributed by atoms with Gasteiger partial charge in [-0.3, -0.25) is 9.48 Å². The van der Waals surface area contributed by atoms with Crippen molar-refractivity contribution in [3.63, 3.8) is 0 Å². The Bertz CT molecular complexity index is 958. The van der Waals surface area contributed by atoms with E-state index in [0.29, 0.717) is 11.4 Å². The number of hydrogen-bond donors (Lipinski definition) is 2. The Labute approximate surface area is 157 Å². The van der Waals surface area contributed by atoms with Crippen molar-refractivity contribution in [3.05, 3.63) is 48.7 Å². The summed E-state index contributed by atoms with van der Waals surface area (Å²) in [5, 5.41) is 7.00. The van der Waals surface area contributed by atoms with Gasteiger partial charge in [0.25, 0.3) is 5.91 Å². The van der Waals surface area contributed by atoms with Crippen molar-refractivity contribution in [1.29, 1.82) is 0 Å². The molecule has 2 aromatic heterocycles. The number of aromatic nitrogens is 4. The molecule has 0 saturated carbocycles. The minimum atomic E-state index is -0.342. The van der Waals surface area contributed by atoms with Crippen LogP contribution in [0.25, 0.3) is 11.1 Å². The number of rotatable bonds is 4. The number of carbonyl (C=O) groups excluding carboxylic acids is 1. The number of aryl methyl sites for hydroxylation is 1. The van der Waals surface area contributed by atoms with E-state index < -0.39 is 0 Å². The molecular formula is C19H21N7O. The first-order chi connectivity index (χ1) is 13.1. The summed E-state index contributed by atoms with van der Waals surface area (Å²) >= 11 is 0. The van der Waals surface area contributed by atoms with Gasteiger partial charge in [-0.15, -0.1) is 0 Å². The van der Waals surface area contributed by atoms with Gasteiger partial charge < -0.3 is 16.0 Å². The number of hydrogen-bond acceptors (Lipinski definition) is 6. The van der Waals surface area contributed by atoms with E-state index in [1.165, 1.54) is 6.20 Å². The second-order valence-corrected chi connectivity index (χ2v) is 6.61. The Morgan fingerprint density at radius 3 is 2.59 bits per heavy atom. The molecule has 3 N–H and O–H groups in total. The molecule has 1 aromatic carbocycles. The van der Waals surface area contributed by atoms with E-state index in [2.05, 4.69) is 25.3 Å². The molecule has 0 spiro atoms. The lowest BCUT2D eigenvalue weighted by Gasteiger charge is -2.15. The fourth-order valence-corrected chi connectivity index (χ4v) is 3.15. The van der Waals surface area contributed by atoms with Crippen LogP contribution in [0.15, 0.2) is 43.0 Å². The monoisotopic (exact) mass is 363 g/mol. The molecule has 0 radical (unpaired) electrons. The molecule has 3 aromatic rings. The van der Waals surface area contributed by atoms with Gasteiger partial charge in [-0.1, -0.05) is 6.07 Å². The predicted molar refractivity (Wildman–Crippen MR) is 104 cm³/mol. The van der Waals surface area contributed by atoms with Crippen LogP contribution in [0.5, 0.6) is 0 Å². The zero-order valence-electron chi connectivity index (χ0n) is 15.1. The number of nitrogens with one attached hydrogen (secondary N) is 1. The van der Waals surface area contributed by atoms with Crippen LogP contribution in [-0.4, -0.2) is 38.7 Å². The molecule has 8 nitrogen and oxygen atoms in total. The maximum Gasteiger partial charge on any atom is 0.275 e. The van der Waals surface area contributed by atoms with Crippen molar-refractivity contribution >= 4 is 23.1 Å². The van der Waals surface area contributed by atoms with Crippen LogP contribution < -0.4 is 16.0 Å². The van der Waals surface area contributed by atoms with Crippen LogP contribution in [0.1, 0.15) is 23.3 Å².